The van der Waals surface area contributed by atoms with Gasteiger partial charge in [-0.05, 0) is 89.7 Å². The van der Waals surface area contributed by atoms with Gasteiger partial charge in [0, 0.05) is 43.4 Å². The third-order valence-corrected chi connectivity index (χ3v) is 10.4. The highest BCUT2D eigenvalue weighted by molar-refractivity contribution is 5.89. The van der Waals surface area contributed by atoms with Crippen LogP contribution in [0, 0.1) is 5.92 Å². The van der Waals surface area contributed by atoms with E-state index >= 15 is 0 Å². The van der Waals surface area contributed by atoms with Crippen LogP contribution in [0.5, 0.6) is 11.5 Å². The van der Waals surface area contributed by atoms with E-state index < -0.39 is 6.29 Å². The quantitative estimate of drug-likeness (QED) is 0.111. The Morgan fingerprint density at radius 2 is 1.56 bits per heavy atom. The Balaban J connectivity index is 0.990. The Bertz CT molecular complexity index is 1940. The van der Waals surface area contributed by atoms with E-state index in [-0.39, 0.29) is 30.8 Å². The lowest BCUT2D eigenvalue weighted by atomic mass is 9.89. The van der Waals surface area contributed by atoms with Crippen molar-refractivity contribution in [3.05, 3.63) is 150 Å². The van der Waals surface area contributed by atoms with Gasteiger partial charge in [0.15, 0.2) is 6.29 Å². The van der Waals surface area contributed by atoms with E-state index in [1.54, 1.807) is 7.11 Å². The third-order valence-electron chi connectivity index (χ3n) is 10.4. The molecule has 2 saturated heterocycles. The van der Waals surface area contributed by atoms with Crippen LogP contribution in [0.1, 0.15) is 54.4 Å². The highest BCUT2D eigenvalue weighted by Gasteiger charge is 2.40. The van der Waals surface area contributed by atoms with Crippen LogP contribution in [0.2, 0.25) is 0 Å². The predicted octanol–water partition coefficient (Wildman–Crippen LogP) is 8.86. The number of benzene rings is 5. The minimum absolute atomic E-state index is 0.00821. The van der Waals surface area contributed by atoms with Gasteiger partial charge in [-0.2, -0.15) is 0 Å². The van der Waals surface area contributed by atoms with Crippen LogP contribution in [0.25, 0.3) is 11.1 Å². The molecule has 2 aliphatic heterocycles. The van der Waals surface area contributed by atoms with Crippen LogP contribution in [-0.4, -0.2) is 55.0 Å². The van der Waals surface area contributed by atoms with Gasteiger partial charge in [0.05, 0.1) is 25.4 Å². The molecule has 54 heavy (non-hydrogen) atoms. The Morgan fingerprint density at radius 1 is 0.815 bits per heavy atom. The highest BCUT2D eigenvalue weighted by Crippen LogP contribution is 2.42. The molecule has 9 nitrogen and oxygen atoms in total. The molecule has 0 unspecified atom stereocenters. The summed E-state index contributed by atoms with van der Waals surface area (Å²) in [6.45, 7) is 5.16. The van der Waals surface area contributed by atoms with Gasteiger partial charge < -0.3 is 34.7 Å². The number of likely N-dealkylation sites (tertiary alicyclic amines) is 1. The number of urea groups is 1. The molecule has 0 saturated carbocycles. The maximum Gasteiger partial charge on any atom is 0.319 e. The van der Waals surface area contributed by atoms with Gasteiger partial charge in [0.25, 0.3) is 0 Å². The number of rotatable bonds is 13. The number of aliphatic hydroxyl groups excluding tert-OH is 1. The van der Waals surface area contributed by atoms with Gasteiger partial charge in [-0.25, -0.2) is 4.79 Å². The second-order valence-corrected chi connectivity index (χ2v) is 14.1. The maximum absolute atomic E-state index is 12.7. The highest BCUT2D eigenvalue weighted by atomic mass is 16.7. The molecule has 5 aromatic rings. The maximum atomic E-state index is 12.7. The molecule has 2 aliphatic rings. The number of nitrogens with one attached hydrogen (secondary N) is 2. The average molecular weight is 728 g/mol. The van der Waals surface area contributed by atoms with E-state index in [2.05, 4.69) is 71.0 Å². The molecular weight excluding hydrogens is 679 g/mol. The summed E-state index contributed by atoms with van der Waals surface area (Å²) >= 11 is 0. The standard InChI is InChI=1S/C45H49N3O6/c1-31-42(28-48-25-7-10-39(48)30-51-2)53-44(54-43(31)35-15-13-32(29-49)14-16-35)36-19-17-34(18-20-36)37-9-6-8-33(26-37)27-46-45(50)47-38-21-23-41(24-22-38)52-40-11-4-3-5-12-40/h3-6,8-9,11-24,26,31,39,42-44,49H,7,10,25,27-30H2,1-2H3,(H2,46,47,50)/t31-,39+,42+,43+,44+/m1/s1. The summed E-state index contributed by atoms with van der Waals surface area (Å²) in [5.41, 5.74) is 6.67. The molecule has 9 heteroatoms. The van der Waals surface area contributed by atoms with Crippen molar-refractivity contribution in [2.75, 3.05) is 32.1 Å². The zero-order valence-electron chi connectivity index (χ0n) is 30.9. The fraction of sp³-hybridized carbons (Fsp3) is 0.311. The number of amides is 2. The Labute approximate surface area is 317 Å². The molecule has 0 bridgehead atoms. The minimum Gasteiger partial charge on any atom is -0.457 e. The SMILES string of the molecule is COC[C@@H]1CCCN1C[C@@H]1O[C@H](c2ccc(-c3cccc(CNC(=O)Nc4ccc(Oc5ccccc5)cc4)c3)cc2)O[C@H](c2ccc(CO)cc2)[C@@H]1C. The molecule has 0 aliphatic carbocycles. The number of ether oxygens (including phenoxy) is 4. The van der Waals surface area contributed by atoms with Gasteiger partial charge in [0.2, 0.25) is 0 Å². The van der Waals surface area contributed by atoms with Crippen molar-refractivity contribution < 1.29 is 28.8 Å². The molecule has 3 N–H and O–H groups in total. The second kappa shape index (κ2) is 17.9. The molecule has 2 fully saturated rings. The lowest BCUT2D eigenvalue weighted by Crippen LogP contribution is -2.46. The van der Waals surface area contributed by atoms with Crippen LogP contribution in [0.3, 0.4) is 0 Å². The van der Waals surface area contributed by atoms with E-state index in [4.69, 9.17) is 18.9 Å². The number of aliphatic hydroxyl groups is 1. The van der Waals surface area contributed by atoms with Crippen LogP contribution >= 0.6 is 0 Å². The molecule has 280 valence electrons. The largest absolute Gasteiger partial charge is 0.457 e. The number of hydrogen-bond donors (Lipinski definition) is 3. The van der Waals surface area contributed by atoms with Crippen molar-refractivity contribution in [3.8, 4) is 22.6 Å². The fourth-order valence-corrected chi connectivity index (χ4v) is 7.36. The smallest absolute Gasteiger partial charge is 0.319 e. The summed E-state index contributed by atoms with van der Waals surface area (Å²) in [5.74, 6) is 1.56. The summed E-state index contributed by atoms with van der Waals surface area (Å²) in [5, 5.41) is 15.5. The van der Waals surface area contributed by atoms with E-state index in [0.717, 1.165) is 71.7 Å². The van der Waals surface area contributed by atoms with Crippen LogP contribution in [0.4, 0.5) is 10.5 Å². The number of carbonyl (C=O) groups is 1. The van der Waals surface area contributed by atoms with E-state index in [1.165, 1.54) is 0 Å². The van der Waals surface area contributed by atoms with Crippen LogP contribution in [-0.2, 0) is 27.4 Å². The van der Waals surface area contributed by atoms with Gasteiger partial charge >= 0.3 is 6.03 Å². The van der Waals surface area contributed by atoms with Gasteiger partial charge in [0.1, 0.15) is 11.5 Å². The van der Waals surface area contributed by atoms with Crippen LogP contribution in [0.15, 0.2) is 127 Å². The van der Waals surface area contributed by atoms with Gasteiger partial charge in [-0.3, -0.25) is 4.90 Å². The first-order valence-electron chi connectivity index (χ1n) is 18.8. The summed E-state index contributed by atoms with van der Waals surface area (Å²) < 4.78 is 24.9. The monoisotopic (exact) mass is 727 g/mol. The molecule has 0 spiro atoms. The fourth-order valence-electron chi connectivity index (χ4n) is 7.36. The van der Waals surface area contributed by atoms with Crippen molar-refractivity contribution in [2.24, 2.45) is 5.92 Å². The summed E-state index contributed by atoms with van der Waals surface area (Å²) in [6.07, 6.45) is 1.55. The summed E-state index contributed by atoms with van der Waals surface area (Å²) in [6, 6.07) is 41.5. The predicted molar refractivity (Wildman–Crippen MR) is 210 cm³/mol. The van der Waals surface area contributed by atoms with Crippen molar-refractivity contribution in [2.45, 2.75) is 57.5 Å². The lowest BCUT2D eigenvalue weighted by Gasteiger charge is -2.43. The molecule has 5 atom stereocenters. The Hall–Kier alpha value is -5.03. The molecular formula is C45H49N3O6. The second-order valence-electron chi connectivity index (χ2n) is 14.1. The molecule has 2 heterocycles. The van der Waals surface area contributed by atoms with Crippen molar-refractivity contribution in [1.29, 1.82) is 0 Å². The van der Waals surface area contributed by atoms with Crippen molar-refractivity contribution in [1.82, 2.24) is 10.2 Å². The third kappa shape index (κ3) is 9.36. The number of para-hydroxylation sites is 1. The molecule has 5 aromatic carbocycles. The molecule has 2 amide bonds. The molecule has 0 aromatic heterocycles. The van der Waals surface area contributed by atoms with Crippen molar-refractivity contribution >= 4 is 11.7 Å². The molecule has 7 rings (SSSR count). The first-order chi connectivity index (χ1) is 26.4. The normalized spacial score (nSPS) is 21.4. The number of nitrogens with zero attached hydrogens (tertiary/aromatic N) is 1. The number of methoxy groups -OCH3 is 1. The number of anilines is 1. The minimum atomic E-state index is -0.534. The Morgan fingerprint density at radius 3 is 2.30 bits per heavy atom. The number of carbonyl (C=O) groups excluding carboxylic acids is 1. The van der Waals surface area contributed by atoms with Gasteiger partial charge in [-0.1, -0.05) is 91.9 Å². The first kappa shape index (κ1) is 37.3. The lowest BCUT2D eigenvalue weighted by molar-refractivity contribution is -0.276. The topological polar surface area (TPSA) is 102 Å². The van der Waals surface area contributed by atoms with Gasteiger partial charge in [-0.15, -0.1) is 0 Å². The first-order valence-corrected chi connectivity index (χ1v) is 18.8. The molecule has 0 radical (unpaired) electrons. The zero-order valence-corrected chi connectivity index (χ0v) is 30.9. The summed E-state index contributed by atoms with van der Waals surface area (Å²) in [4.78, 5) is 15.2. The van der Waals surface area contributed by atoms with Crippen molar-refractivity contribution in [3.63, 3.8) is 0 Å². The van der Waals surface area contributed by atoms with E-state index in [9.17, 15) is 9.90 Å². The summed E-state index contributed by atoms with van der Waals surface area (Å²) in [7, 11) is 1.77. The van der Waals surface area contributed by atoms with E-state index in [1.807, 2.05) is 78.9 Å². The number of hydrogen-bond acceptors (Lipinski definition) is 7. The Kier molecular flexibility index (Phi) is 12.3. The zero-order chi connectivity index (χ0) is 37.3. The van der Waals surface area contributed by atoms with E-state index in [0.29, 0.717) is 24.0 Å². The van der Waals surface area contributed by atoms with Crippen LogP contribution < -0.4 is 15.4 Å². The average Bonchev–Trinajstić information content (AvgIpc) is 3.65.